The Kier molecular flexibility index (Phi) is 9.86. The van der Waals surface area contributed by atoms with Crippen molar-refractivity contribution in [3.05, 3.63) is 28.5 Å². The fourth-order valence-corrected chi connectivity index (χ4v) is 1.22. The first-order valence-electron chi connectivity index (χ1n) is 4.07. The highest BCUT2D eigenvalue weighted by Crippen LogP contribution is 2.08. The van der Waals surface area contributed by atoms with Crippen LogP contribution in [-0.4, -0.2) is 24.1 Å². The topological polar surface area (TPSA) is 65.2 Å². The van der Waals surface area contributed by atoms with E-state index in [9.17, 15) is 4.79 Å². The molecule has 0 bridgehead atoms. The van der Waals surface area contributed by atoms with Crippen LogP contribution < -0.4 is 5.73 Å². The van der Waals surface area contributed by atoms with E-state index in [0.717, 1.165) is 10.2 Å². The van der Waals surface area contributed by atoms with Crippen LogP contribution in [0.5, 0.6) is 0 Å². The molecule has 1 heterocycles. The van der Waals surface area contributed by atoms with Crippen LogP contribution in [0.3, 0.4) is 0 Å². The number of nitrogens with zero attached hydrogens (tertiary/aromatic N) is 1. The van der Waals surface area contributed by atoms with Crippen LogP contribution in [-0.2, 0) is 16.0 Å². The number of carbonyl (C=O) groups is 1. The minimum Gasteiger partial charge on any atom is -0.468 e. The van der Waals surface area contributed by atoms with Gasteiger partial charge in [-0.3, -0.25) is 9.78 Å². The molecular weight excluding hydrogens is 319 g/mol. The highest BCUT2D eigenvalue weighted by molar-refractivity contribution is 9.10. The van der Waals surface area contributed by atoms with Gasteiger partial charge in [-0.25, -0.2) is 0 Å². The fourth-order valence-electron chi connectivity index (χ4n) is 0.987. The molecule has 0 aliphatic carbocycles. The summed E-state index contributed by atoms with van der Waals surface area (Å²) in [5.74, 6) is -0.422. The zero-order chi connectivity index (χ0) is 10.6. The van der Waals surface area contributed by atoms with E-state index in [1.54, 1.807) is 6.20 Å². The second-order valence-corrected chi connectivity index (χ2v) is 3.72. The summed E-state index contributed by atoms with van der Waals surface area (Å²) in [5, 5.41) is 0. The quantitative estimate of drug-likeness (QED) is 0.857. The monoisotopic (exact) mass is 330 g/mol. The van der Waals surface area contributed by atoms with Crippen molar-refractivity contribution in [3.8, 4) is 0 Å². The molecule has 1 unspecified atom stereocenters. The Labute approximate surface area is 115 Å². The lowest BCUT2D eigenvalue weighted by atomic mass is 10.1. The van der Waals surface area contributed by atoms with Crippen LogP contribution in [0.25, 0.3) is 0 Å². The van der Waals surface area contributed by atoms with E-state index in [4.69, 9.17) is 5.73 Å². The van der Waals surface area contributed by atoms with Crippen LogP contribution in [0.15, 0.2) is 22.8 Å². The molecule has 0 fully saturated rings. The Morgan fingerprint density at radius 1 is 1.56 bits per heavy atom. The molecule has 0 aromatic carbocycles. The molecule has 1 atom stereocenters. The molecule has 7 heteroatoms. The average molecular weight is 332 g/mol. The highest BCUT2D eigenvalue weighted by atomic mass is 79.9. The number of nitrogens with two attached hydrogens (primary N) is 1. The van der Waals surface area contributed by atoms with Gasteiger partial charge in [-0.05, 0) is 28.1 Å². The second-order valence-electron chi connectivity index (χ2n) is 2.80. The predicted octanol–water partition coefficient (Wildman–Crippen LogP) is 1.73. The lowest BCUT2D eigenvalue weighted by Crippen LogP contribution is -2.33. The molecule has 0 saturated carbocycles. The Morgan fingerprint density at radius 2 is 2.19 bits per heavy atom. The molecule has 16 heavy (non-hydrogen) atoms. The minimum absolute atomic E-state index is 0. The molecule has 1 aromatic rings. The summed E-state index contributed by atoms with van der Waals surface area (Å²) in [7, 11) is 1.32. The second kappa shape index (κ2) is 8.75. The molecule has 0 aliphatic rings. The third-order valence-electron chi connectivity index (χ3n) is 1.72. The van der Waals surface area contributed by atoms with Gasteiger partial charge in [-0.1, -0.05) is 0 Å². The summed E-state index contributed by atoms with van der Waals surface area (Å²) in [4.78, 5) is 15.1. The van der Waals surface area contributed by atoms with Gasteiger partial charge < -0.3 is 10.5 Å². The Bertz CT molecular complexity index is 322. The van der Waals surface area contributed by atoms with Crippen LogP contribution >= 0.6 is 40.7 Å². The number of pyridine rings is 1. The van der Waals surface area contributed by atoms with Gasteiger partial charge in [0.1, 0.15) is 6.04 Å². The predicted molar refractivity (Wildman–Crippen MR) is 70.1 cm³/mol. The smallest absolute Gasteiger partial charge is 0.323 e. The van der Waals surface area contributed by atoms with E-state index in [2.05, 4.69) is 25.7 Å². The number of halogens is 3. The largest absolute Gasteiger partial charge is 0.468 e. The maximum atomic E-state index is 11.0. The van der Waals surface area contributed by atoms with Crippen LogP contribution in [0, 0.1) is 0 Å². The first-order chi connectivity index (χ1) is 6.63. The summed E-state index contributed by atoms with van der Waals surface area (Å²) in [6.45, 7) is 0. The number of rotatable bonds is 3. The van der Waals surface area contributed by atoms with E-state index in [0.29, 0.717) is 6.42 Å². The molecule has 2 N–H and O–H groups in total. The molecule has 1 aromatic heterocycles. The van der Waals surface area contributed by atoms with Crippen molar-refractivity contribution in [2.75, 3.05) is 7.11 Å². The van der Waals surface area contributed by atoms with E-state index in [-0.39, 0.29) is 24.8 Å². The van der Waals surface area contributed by atoms with Crippen molar-refractivity contribution >= 4 is 46.7 Å². The molecule has 0 saturated heterocycles. The van der Waals surface area contributed by atoms with Crippen LogP contribution in [0.4, 0.5) is 0 Å². The lowest BCUT2D eigenvalue weighted by molar-refractivity contribution is -0.142. The zero-order valence-electron chi connectivity index (χ0n) is 8.55. The van der Waals surface area contributed by atoms with Gasteiger partial charge in [0, 0.05) is 22.8 Å². The van der Waals surface area contributed by atoms with Crippen LogP contribution in [0.2, 0.25) is 0 Å². The fraction of sp³-hybridized carbons (Fsp3) is 0.333. The van der Waals surface area contributed by atoms with Crippen molar-refractivity contribution in [2.24, 2.45) is 5.73 Å². The first-order valence-corrected chi connectivity index (χ1v) is 4.86. The van der Waals surface area contributed by atoms with Crippen molar-refractivity contribution in [1.29, 1.82) is 0 Å². The number of carbonyl (C=O) groups excluding carboxylic acids is 1. The number of aromatic nitrogens is 1. The number of hydrogen-bond donors (Lipinski definition) is 1. The lowest BCUT2D eigenvalue weighted by Gasteiger charge is -2.07. The normalized spacial score (nSPS) is 10.7. The van der Waals surface area contributed by atoms with Gasteiger partial charge in [0.25, 0.3) is 0 Å². The van der Waals surface area contributed by atoms with Crippen LogP contribution in [0.1, 0.15) is 5.69 Å². The molecule has 92 valence electrons. The minimum atomic E-state index is -0.645. The van der Waals surface area contributed by atoms with Crippen molar-refractivity contribution < 1.29 is 9.53 Å². The van der Waals surface area contributed by atoms with Gasteiger partial charge >= 0.3 is 5.97 Å². The molecule has 0 radical (unpaired) electrons. The van der Waals surface area contributed by atoms with Crippen molar-refractivity contribution in [2.45, 2.75) is 12.5 Å². The standard InChI is InChI=1S/C9H11BrN2O2.2ClH/c1-14-9(13)8(11)4-7-3-2-6(10)5-12-7;;/h2-3,5,8H,4,11H2,1H3;2*1H. The number of esters is 1. The van der Waals surface area contributed by atoms with E-state index >= 15 is 0 Å². The third kappa shape index (κ3) is 5.65. The summed E-state index contributed by atoms with van der Waals surface area (Å²) in [6, 6.07) is 3.02. The van der Waals surface area contributed by atoms with Crippen molar-refractivity contribution in [1.82, 2.24) is 4.98 Å². The maximum absolute atomic E-state index is 11.0. The SMILES string of the molecule is COC(=O)C(N)Cc1ccc(Br)cn1.Cl.Cl. The highest BCUT2D eigenvalue weighted by Gasteiger charge is 2.14. The first kappa shape index (κ1) is 18.0. The van der Waals surface area contributed by atoms with Gasteiger partial charge in [-0.2, -0.15) is 0 Å². The Balaban J connectivity index is 0. The Hall–Kier alpha value is -0.360. The van der Waals surface area contributed by atoms with E-state index in [1.807, 2.05) is 12.1 Å². The Morgan fingerprint density at radius 3 is 2.62 bits per heavy atom. The third-order valence-corrected chi connectivity index (χ3v) is 2.19. The maximum Gasteiger partial charge on any atom is 0.323 e. The summed E-state index contributed by atoms with van der Waals surface area (Å²) < 4.78 is 5.40. The molecule has 1 rings (SSSR count). The zero-order valence-corrected chi connectivity index (χ0v) is 11.8. The number of methoxy groups -OCH3 is 1. The number of hydrogen-bond acceptors (Lipinski definition) is 4. The number of ether oxygens (including phenoxy) is 1. The molecular formula is C9H13BrCl2N2O2. The molecule has 0 spiro atoms. The van der Waals surface area contributed by atoms with Gasteiger partial charge in [-0.15, -0.1) is 24.8 Å². The molecule has 0 amide bonds. The van der Waals surface area contributed by atoms with Crippen molar-refractivity contribution in [3.63, 3.8) is 0 Å². The van der Waals surface area contributed by atoms with E-state index in [1.165, 1.54) is 7.11 Å². The van der Waals surface area contributed by atoms with Gasteiger partial charge in [0.15, 0.2) is 0 Å². The summed E-state index contributed by atoms with van der Waals surface area (Å²) in [6.07, 6.45) is 2.05. The summed E-state index contributed by atoms with van der Waals surface area (Å²) >= 11 is 3.27. The summed E-state index contributed by atoms with van der Waals surface area (Å²) in [5.41, 5.74) is 6.34. The van der Waals surface area contributed by atoms with Gasteiger partial charge in [0.2, 0.25) is 0 Å². The van der Waals surface area contributed by atoms with E-state index < -0.39 is 12.0 Å². The molecule has 0 aliphatic heterocycles. The molecule has 4 nitrogen and oxygen atoms in total. The van der Waals surface area contributed by atoms with Gasteiger partial charge in [0.05, 0.1) is 7.11 Å². The average Bonchev–Trinajstić information content (AvgIpc) is 2.20.